The van der Waals surface area contributed by atoms with Crippen LogP contribution in [0.2, 0.25) is 0 Å². The minimum atomic E-state index is -0.0592. The molecule has 0 saturated carbocycles. The molecular weight excluding hydrogens is 440 g/mol. The largest absolute Gasteiger partial charge is 0.467 e. The van der Waals surface area contributed by atoms with E-state index in [9.17, 15) is 0 Å². The van der Waals surface area contributed by atoms with E-state index in [2.05, 4.69) is 83.9 Å². The van der Waals surface area contributed by atoms with Crippen molar-refractivity contribution in [3.8, 4) is 0 Å². The molecule has 5 rings (SSSR count). The fraction of sp³-hybridized carbons (Fsp3) is 0.286. The second kappa shape index (κ2) is 9.11. The van der Waals surface area contributed by atoms with Gasteiger partial charge in [-0.3, -0.25) is 4.98 Å². The number of rotatable bonds is 6. The van der Waals surface area contributed by atoms with Gasteiger partial charge in [-0.1, -0.05) is 32.0 Å². The maximum Gasteiger partial charge on any atom is 0.174 e. The van der Waals surface area contributed by atoms with Gasteiger partial charge in [0, 0.05) is 23.3 Å². The van der Waals surface area contributed by atoms with E-state index in [1.165, 1.54) is 22.5 Å². The summed E-state index contributed by atoms with van der Waals surface area (Å²) >= 11 is 5.90. The van der Waals surface area contributed by atoms with E-state index in [0.717, 1.165) is 17.1 Å². The average molecular weight is 471 g/mol. The van der Waals surface area contributed by atoms with Gasteiger partial charge in [0.15, 0.2) is 5.11 Å². The highest BCUT2D eigenvalue weighted by molar-refractivity contribution is 7.80. The molecule has 5 nitrogen and oxygen atoms in total. The summed E-state index contributed by atoms with van der Waals surface area (Å²) in [5, 5.41) is 4.29. The molecule has 1 N–H and O–H groups in total. The van der Waals surface area contributed by atoms with Crippen molar-refractivity contribution in [3.05, 3.63) is 107 Å². The predicted octanol–water partition coefficient (Wildman–Crippen LogP) is 6.44. The lowest BCUT2D eigenvalue weighted by molar-refractivity contribution is 0.488. The van der Waals surface area contributed by atoms with E-state index in [1.807, 2.05) is 30.5 Å². The second-order valence-corrected chi connectivity index (χ2v) is 9.62. The number of furan rings is 1. The van der Waals surface area contributed by atoms with Crippen molar-refractivity contribution in [3.63, 3.8) is 0 Å². The summed E-state index contributed by atoms with van der Waals surface area (Å²) < 4.78 is 7.95. The first-order valence-electron chi connectivity index (χ1n) is 11.7. The van der Waals surface area contributed by atoms with Gasteiger partial charge in [0.1, 0.15) is 5.76 Å². The van der Waals surface area contributed by atoms with Gasteiger partial charge in [-0.25, -0.2) is 0 Å². The van der Waals surface area contributed by atoms with Gasteiger partial charge >= 0.3 is 0 Å². The van der Waals surface area contributed by atoms with Crippen molar-refractivity contribution < 1.29 is 4.42 Å². The third kappa shape index (κ3) is 4.03. The van der Waals surface area contributed by atoms with Crippen LogP contribution in [-0.4, -0.2) is 14.7 Å². The molecule has 34 heavy (non-hydrogen) atoms. The van der Waals surface area contributed by atoms with E-state index < -0.39 is 0 Å². The fourth-order valence-electron chi connectivity index (χ4n) is 4.90. The topological polar surface area (TPSA) is 46.2 Å². The van der Waals surface area contributed by atoms with Crippen LogP contribution >= 0.6 is 12.2 Å². The summed E-state index contributed by atoms with van der Waals surface area (Å²) in [5.74, 6) is 1.42. The summed E-state index contributed by atoms with van der Waals surface area (Å²) in [7, 11) is 0. The van der Waals surface area contributed by atoms with Gasteiger partial charge in [-0.2, -0.15) is 0 Å². The molecule has 1 aliphatic rings. The van der Waals surface area contributed by atoms with Gasteiger partial charge < -0.3 is 19.2 Å². The lowest BCUT2D eigenvalue weighted by atomic mass is 9.96. The van der Waals surface area contributed by atoms with Crippen LogP contribution in [-0.2, 0) is 6.54 Å². The number of benzene rings is 1. The monoisotopic (exact) mass is 470 g/mol. The summed E-state index contributed by atoms with van der Waals surface area (Å²) in [6.07, 6.45) is 3.57. The Kier molecular flexibility index (Phi) is 6.00. The van der Waals surface area contributed by atoms with E-state index >= 15 is 0 Å². The Morgan fingerprint density at radius 1 is 1.06 bits per heavy atom. The lowest BCUT2D eigenvalue weighted by Crippen LogP contribution is -2.29. The van der Waals surface area contributed by atoms with Crippen LogP contribution in [0.25, 0.3) is 0 Å². The maximum absolute atomic E-state index is 5.90. The number of anilines is 1. The molecule has 1 fully saturated rings. The molecule has 6 heteroatoms. The van der Waals surface area contributed by atoms with Crippen molar-refractivity contribution in [2.75, 3.05) is 4.90 Å². The van der Waals surface area contributed by atoms with Crippen molar-refractivity contribution in [2.45, 2.75) is 52.2 Å². The number of hydrogen-bond donors (Lipinski definition) is 1. The SMILES string of the molecule is Cc1cc([C@H]2[C@H](c3ccccn3)NC(=S)N2c2ccc(C(C)C)cc2)c(C)n1Cc1ccco1. The summed E-state index contributed by atoms with van der Waals surface area (Å²) in [5.41, 5.74) is 7.01. The summed E-state index contributed by atoms with van der Waals surface area (Å²) in [6, 6.07) is 21.0. The minimum Gasteiger partial charge on any atom is -0.467 e. The van der Waals surface area contributed by atoms with Crippen molar-refractivity contribution in [2.24, 2.45) is 0 Å². The van der Waals surface area contributed by atoms with Gasteiger partial charge in [0.05, 0.1) is 30.6 Å². The third-order valence-corrected chi connectivity index (χ3v) is 7.08. The van der Waals surface area contributed by atoms with Gasteiger partial charge in [0.2, 0.25) is 0 Å². The van der Waals surface area contributed by atoms with Crippen LogP contribution in [0, 0.1) is 13.8 Å². The molecule has 1 aliphatic heterocycles. The lowest BCUT2D eigenvalue weighted by Gasteiger charge is -2.28. The number of nitrogens with one attached hydrogen (secondary N) is 1. The highest BCUT2D eigenvalue weighted by Gasteiger charge is 2.42. The smallest absolute Gasteiger partial charge is 0.174 e. The highest BCUT2D eigenvalue weighted by Crippen LogP contribution is 2.43. The minimum absolute atomic E-state index is 0.0242. The molecule has 1 aromatic carbocycles. The number of nitrogens with zero attached hydrogens (tertiary/aromatic N) is 3. The standard InChI is InChI=1S/C28H30N4OS/c1-18(2)21-10-12-22(13-11-21)32-27(26(30-28(32)34)25-9-5-6-14-29-25)24-16-19(3)31(20(24)4)17-23-8-7-15-33-23/h5-16,18,26-27H,17H2,1-4H3,(H,30,34)/t26-,27-/m0/s1. The first-order chi connectivity index (χ1) is 16.4. The Labute approximate surface area is 206 Å². The summed E-state index contributed by atoms with van der Waals surface area (Å²) in [4.78, 5) is 6.93. The first-order valence-corrected chi connectivity index (χ1v) is 12.1. The van der Waals surface area contributed by atoms with Gasteiger partial charge in [-0.05, 0) is 85.6 Å². The van der Waals surface area contributed by atoms with Crippen LogP contribution in [0.5, 0.6) is 0 Å². The van der Waals surface area contributed by atoms with E-state index in [1.54, 1.807) is 6.26 Å². The van der Waals surface area contributed by atoms with Crippen LogP contribution in [0.3, 0.4) is 0 Å². The zero-order chi connectivity index (χ0) is 23.8. The molecular formula is C28H30N4OS. The Hall–Kier alpha value is -3.38. The van der Waals surface area contributed by atoms with Crippen LogP contribution in [0.1, 0.15) is 65.8 Å². The van der Waals surface area contributed by atoms with Crippen LogP contribution in [0.4, 0.5) is 5.69 Å². The molecule has 0 amide bonds. The van der Waals surface area contributed by atoms with Crippen molar-refractivity contribution >= 4 is 23.0 Å². The molecule has 2 atom stereocenters. The van der Waals surface area contributed by atoms with Gasteiger partial charge in [-0.15, -0.1) is 0 Å². The maximum atomic E-state index is 5.90. The number of aryl methyl sites for hydroxylation is 1. The molecule has 3 aromatic heterocycles. The Morgan fingerprint density at radius 2 is 1.85 bits per heavy atom. The Balaban J connectivity index is 1.61. The third-order valence-electron chi connectivity index (χ3n) is 6.76. The summed E-state index contributed by atoms with van der Waals surface area (Å²) in [6.45, 7) is 9.46. The number of thiocarbonyl (C=S) groups is 1. The average Bonchev–Trinajstić information content (AvgIpc) is 3.54. The molecule has 0 bridgehead atoms. The molecule has 0 spiro atoms. The van der Waals surface area contributed by atoms with Gasteiger partial charge in [0.25, 0.3) is 0 Å². The van der Waals surface area contributed by atoms with Crippen molar-refractivity contribution in [1.82, 2.24) is 14.9 Å². The Bertz CT molecular complexity index is 1280. The predicted molar refractivity (Wildman–Crippen MR) is 140 cm³/mol. The van der Waals surface area contributed by atoms with E-state index in [0.29, 0.717) is 17.6 Å². The van der Waals surface area contributed by atoms with Crippen LogP contribution in [0.15, 0.2) is 77.5 Å². The molecule has 0 aliphatic carbocycles. The normalized spacial score (nSPS) is 18.0. The quantitative estimate of drug-likeness (QED) is 0.329. The number of pyridine rings is 1. The molecule has 4 heterocycles. The number of aromatic nitrogens is 2. The highest BCUT2D eigenvalue weighted by atomic mass is 32.1. The zero-order valence-electron chi connectivity index (χ0n) is 20.0. The van der Waals surface area contributed by atoms with E-state index in [4.69, 9.17) is 16.6 Å². The molecule has 4 aromatic rings. The van der Waals surface area contributed by atoms with Crippen LogP contribution < -0.4 is 10.2 Å². The fourth-order valence-corrected chi connectivity index (χ4v) is 5.24. The number of hydrogen-bond acceptors (Lipinski definition) is 3. The molecule has 0 radical (unpaired) electrons. The van der Waals surface area contributed by atoms with E-state index in [-0.39, 0.29) is 12.1 Å². The molecule has 1 saturated heterocycles. The van der Waals surface area contributed by atoms with Crippen molar-refractivity contribution in [1.29, 1.82) is 0 Å². The Morgan fingerprint density at radius 3 is 2.50 bits per heavy atom. The second-order valence-electron chi connectivity index (χ2n) is 9.23. The molecule has 174 valence electrons. The molecule has 0 unspecified atom stereocenters. The first kappa shape index (κ1) is 22.4. The zero-order valence-corrected chi connectivity index (χ0v) is 20.8.